The number of ketones is 1. The van der Waals surface area contributed by atoms with E-state index in [2.05, 4.69) is 4.98 Å². The molecule has 0 radical (unpaired) electrons. The summed E-state index contributed by atoms with van der Waals surface area (Å²) in [6, 6.07) is 16.4. The minimum atomic E-state index is -1.27. The Hall–Kier alpha value is -2.98. The quantitative estimate of drug-likeness (QED) is 0.805. The van der Waals surface area contributed by atoms with Gasteiger partial charge in [0.15, 0.2) is 11.2 Å². The van der Waals surface area contributed by atoms with Crippen molar-refractivity contribution < 1.29 is 4.79 Å². The van der Waals surface area contributed by atoms with E-state index in [0.717, 1.165) is 5.56 Å². The molecular formula is C17H11N3O. The molecule has 1 heterocycles. The molecule has 0 amide bonds. The van der Waals surface area contributed by atoms with Crippen LogP contribution in [0, 0.1) is 34.0 Å². The van der Waals surface area contributed by atoms with E-state index in [1.807, 2.05) is 18.2 Å². The number of rotatable bonds is 3. The number of nitrogens with zero attached hydrogens (tertiary/aromatic N) is 3. The number of carbonyl (C=O) groups excluding carboxylic acids is 1. The van der Waals surface area contributed by atoms with Crippen LogP contribution in [0.2, 0.25) is 0 Å². The summed E-state index contributed by atoms with van der Waals surface area (Å²) in [5.74, 6) is -1.15. The first kappa shape index (κ1) is 13.0. The minimum absolute atomic E-state index is 0.152. The van der Waals surface area contributed by atoms with Crippen LogP contribution in [0.4, 0.5) is 0 Å². The van der Waals surface area contributed by atoms with Crippen molar-refractivity contribution in [3.63, 3.8) is 0 Å². The minimum Gasteiger partial charge on any atom is -0.294 e. The van der Waals surface area contributed by atoms with Gasteiger partial charge < -0.3 is 0 Å². The van der Waals surface area contributed by atoms with Crippen molar-refractivity contribution in [2.24, 2.45) is 11.3 Å². The monoisotopic (exact) mass is 273 g/mol. The Labute approximate surface area is 122 Å². The highest BCUT2D eigenvalue weighted by molar-refractivity contribution is 6.02. The van der Waals surface area contributed by atoms with Crippen LogP contribution < -0.4 is 0 Å². The molecule has 1 aromatic carbocycles. The fourth-order valence-corrected chi connectivity index (χ4v) is 2.86. The van der Waals surface area contributed by atoms with Crippen molar-refractivity contribution in [3.05, 3.63) is 66.0 Å². The first-order valence-corrected chi connectivity index (χ1v) is 6.56. The van der Waals surface area contributed by atoms with Crippen molar-refractivity contribution in [3.8, 4) is 12.1 Å². The number of pyridine rings is 1. The molecule has 0 aliphatic heterocycles. The summed E-state index contributed by atoms with van der Waals surface area (Å²) in [6.45, 7) is 0. The molecule has 100 valence electrons. The lowest BCUT2D eigenvalue weighted by molar-refractivity contribution is 0.0958. The average molecular weight is 273 g/mol. The number of nitriles is 2. The number of Topliss-reactive ketones (excluding diaryl/α,β-unsaturated/α-hetero) is 1. The second-order valence-corrected chi connectivity index (χ2v) is 5.06. The highest BCUT2D eigenvalue weighted by Gasteiger charge is 2.70. The molecule has 1 fully saturated rings. The Kier molecular flexibility index (Phi) is 3.01. The predicted molar refractivity (Wildman–Crippen MR) is 74.9 cm³/mol. The van der Waals surface area contributed by atoms with Gasteiger partial charge in [-0.25, -0.2) is 0 Å². The van der Waals surface area contributed by atoms with Crippen LogP contribution in [0.25, 0.3) is 0 Å². The topological polar surface area (TPSA) is 77.5 Å². The van der Waals surface area contributed by atoms with Crippen molar-refractivity contribution in [2.45, 2.75) is 5.92 Å². The lowest BCUT2D eigenvalue weighted by atomic mass is 10.0. The summed E-state index contributed by atoms with van der Waals surface area (Å²) in [7, 11) is 0. The van der Waals surface area contributed by atoms with Crippen molar-refractivity contribution in [1.82, 2.24) is 4.98 Å². The predicted octanol–water partition coefficient (Wildman–Crippen LogP) is 2.71. The molecule has 3 rings (SSSR count). The molecule has 2 aromatic rings. The standard InChI is InChI=1S/C17H11N3O/c18-10-17(11-19)14(12-6-8-20-9-7-12)15(17)16(21)13-4-2-1-3-5-13/h1-9,14-15H/t14-,15+/m0/s1. The normalized spacial score (nSPS) is 21.8. The first-order valence-electron chi connectivity index (χ1n) is 6.56. The van der Waals surface area contributed by atoms with Gasteiger partial charge in [0.2, 0.25) is 0 Å². The van der Waals surface area contributed by atoms with E-state index in [-0.39, 0.29) is 11.7 Å². The highest BCUT2D eigenvalue weighted by Crippen LogP contribution is 2.65. The molecule has 21 heavy (non-hydrogen) atoms. The molecule has 4 nitrogen and oxygen atoms in total. The SMILES string of the molecule is N#CC1(C#N)[C@@H](C(=O)c2ccccc2)[C@@H]1c1ccncc1. The zero-order chi connectivity index (χ0) is 14.9. The number of hydrogen-bond donors (Lipinski definition) is 0. The van der Waals surface area contributed by atoms with E-state index in [9.17, 15) is 15.3 Å². The summed E-state index contributed by atoms with van der Waals surface area (Å²) in [5.41, 5.74) is 0.0742. The third-order valence-corrected chi connectivity index (χ3v) is 3.98. The molecule has 0 unspecified atom stereocenters. The number of benzene rings is 1. The van der Waals surface area contributed by atoms with Gasteiger partial charge in [-0.15, -0.1) is 0 Å². The largest absolute Gasteiger partial charge is 0.294 e. The number of carbonyl (C=O) groups is 1. The lowest BCUT2D eigenvalue weighted by Gasteiger charge is -1.99. The van der Waals surface area contributed by atoms with Crippen LogP contribution in [0.1, 0.15) is 21.8 Å². The third-order valence-electron chi connectivity index (χ3n) is 3.98. The van der Waals surface area contributed by atoms with E-state index in [1.54, 1.807) is 48.8 Å². The Balaban J connectivity index is 2.01. The summed E-state index contributed by atoms with van der Waals surface area (Å²) in [5, 5.41) is 18.8. The van der Waals surface area contributed by atoms with Gasteiger partial charge in [-0.3, -0.25) is 9.78 Å². The van der Waals surface area contributed by atoms with E-state index in [1.165, 1.54) is 0 Å². The van der Waals surface area contributed by atoms with Crippen LogP contribution in [0.5, 0.6) is 0 Å². The second-order valence-electron chi connectivity index (χ2n) is 5.06. The molecule has 0 saturated heterocycles. The molecule has 0 spiro atoms. The van der Waals surface area contributed by atoms with E-state index in [0.29, 0.717) is 5.56 Å². The Morgan fingerprint density at radius 1 is 1.05 bits per heavy atom. The third kappa shape index (κ3) is 1.89. The van der Waals surface area contributed by atoms with Gasteiger partial charge in [0, 0.05) is 23.9 Å². The molecule has 1 aliphatic carbocycles. The Bertz CT molecular complexity index is 742. The van der Waals surface area contributed by atoms with Gasteiger partial charge >= 0.3 is 0 Å². The zero-order valence-corrected chi connectivity index (χ0v) is 11.1. The molecule has 4 heteroatoms. The smallest absolute Gasteiger partial charge is 0.169 e. The van der Waals surface area contributed by atoms with Gasteiger partial charge in [-0.2, -0.15) is 10.5 Å². The summed E-state index contributed by atoms with van der Waals surface area (Å²) >= 11 is 0. The van der Waals surface area contributed by atoms with Gasteiger partial charge in [0.25, 0.3) is 0 Å². The van der Waals surface area contributed by atoms with Crippen molar-refractivity contribution in [2.75, 3.05) is 0 Å². The van der Waals surface area contributed by atoms with Gasteiger partial charge in [-0.05, 0) is 17.7 Å². The van der Waals surface area contributed by atoms with Gasteiger partial charge in [-0.1, -0.05) is 30.3 Å². The molecule has 2 atom stereocenters. The maximum absolute atomic E-state index is 12.6. The molecule has 1 aliphatic rings. The van der Waals surface area contributed by atoms with Crippen molar-refractivity contribution in [1.29, 1.82) is 10.5 Å². The maximum Gasteiger partial charge on any atom is 0.169 e. The van der Waals surface area contributed by atoms with E-state index >= 15 is 0 Å². The van der Waals surface area contributed by atoms with Gasteiger partial charge in [0.05, 0.1) is 18.1 Å². The second kappa shape index (κ2) is 4.85. The van der Waals surface area contributed by atoms with Crippen LogP contribution in [-0.4, -0.2) is 10.8 Å². The van der Waals surface area contributed by atoms with Crippen LogP contribution in [0.15, 0.2) is 54.9 Å². The summed E-state index contributed by atoms with van der Waals surface area (Å²) in [4.78, 5) is 16.5. The van der Waals surface area contributed by atoms with Crippen LogP contribution in [0.3, 0.4) is 0 Å². The molecule has 0 bridgehead atoms. The van der Waals surface area contributed by atoms with Crippen LogP contribution >= 0.6 is 0 Å². The molecule has 0 N–H and O–H groups in total. The molecule has 1 saturated carbocycles. The zero-order valence-electron chi connectivity index (χ0n) is 11.1. The fraction of sp³-hybridized carbons (Fsp3) is 0.176. The molecule has 1 aromatic heterocycles. The van der Waals surface area contributed by atoms with Gasteiger partial charge in [0.1, 0.15) is 0 Å². The lowest BCUT2D eigenvalue weighted by Crippen LogP contribution is -2.08. The highest BCUT2D eigenvalue weighted by atomic mass is 16.1. The number of hydrogen-bond acceptors (Lipinski definition) is 4. The average Bonchev–Trinajstić information content (AvgIpc) is 3.25. The van der Waals surface area contributed by atoms with Crippen molar-refractivity contribution >= 4 is 5.78 Å². The summed E-state index contributed by atoms with van der Waals surface area (Å²) < 4.78 is 0. The number of aromatic nitrogens is 1. The fourth-order valence-electron chi connectivity index (χ4n) is 2.86. The maximum atomic E-state index is 12.6. The Morgan fingerprint density at radius 3 is 2.24 bits per heavy atom. The first-order chi connectivity index (χ1) is 10.2. The molecular weight excluding hydrogens is 262 g/mol. The Morgan fingerprint density at radius 2 is 1.67 bits per heavy atom. The van der Waals surface area contributed by atoms with E-state index in [4.69, 9.17) is 0 Å². The van der Waals surface area contributed by atoms with E-state index < -0.39 is 11.3 Å². The summed E-state index contributed by atoms with van der Waals surface area (Å²) in [6.07, 6.45) is 3.22. The van der Waals surface area contributed by atoms with Crippen LogP contribution in [-0.2, 0) is 0 Å².